The van der Waals surface area contributed by atoms with Gasteiger partial charge in [-0.15, -0.1) is 12.4 Å². The molecule has 0 unspecified atom stereocenters. The first kappa shape index (κ1) is 14.1. The van der Waals surface area contributed by atoms with Crippen LogP contribution in [-0.4, -0.2) is 36.5 Å². The standard InChI is InChI=1S/C12H18N2O2.ClH/c1-8-7-14(5-4-13-8)12(15)11-6-9(2)16-10(11)3;/h6,8,13H,4-5,7H2,1-3H3;1H/t8-;/m0./s1. The number of nitrogens with one attached hydrogen (secondary N) is 1. The van der Waals surface area contributed by atoms with Gasteiger partial charge < -0.3 is 14.6 Å². The highest BCUT2D eigenvalue weighted by Crippen LogP contribution is 2.16. The highest BCUT2D eigenvalue weighted by atomic mass is 35.5. The van der Waals surface area contributed by atoms with Crippen LogP contribution in [0.4, 0.5) is 0 Å². The van der Waals surface area contributed by atoms with Crippen molar-refractivity contribution in [1.29, 1.82) is 0 Å². The number of amides is 1. The lowest BCUT2D eigenvalue weighted by atomic mass is 10.1. The van der Waals surface area contributed by atoms with E-state index in [4.69, 9.17) is 4.42 Å². The molecule has 2 rings (SSSR count). The maximum absolute atomic E-state index is 12.2. The van der Waals surface area contributed by atoms with Crippen LogP contribution in [-0.2, 0) is 0 Å². The molecule has 1 saturated heterocycles. The molecule has 1 atom stereocenters. The maximum Gasteiger partial charge on any atom is 0.257 e. The topological polar surface area (TPSA) is 45.5 Å². The number of furan rings is 1. The second kappa shape index (κ2) is 5.56. The average molecular weight is 259 g/mol. The van der Waals surface area contributed by atoms with Crippen LogP contribution >= 0.6 is 12.4 Å². The summed E-state index contributed by atoms with van der Waals surface area (Å²) >= 11 is 0. The van der Waals surface area contributed by atoms with Gasteiger partial charge in [-0.1, -0.05) is 0 Å². The molecule has 4 nitrogen and oxygen atoms in total. The monoisotopic (exact) mass is 258 g/mol. The molecule has 0 saturated carbocycles. The van der Waals surface area contributed by atoms with E-state index in [0.29, 0.717) is 17.4 Å². The molecule has 1 amide bonds. The molecule has 0 radical (unpaired) electrons. The summed E-state index contributed by atoms with van der Waals surface area (Å²) < 4.78 is 5.39. The third-order valence-corrected chi connectivity index (χ3v) is 2.93. The van der Waals surface area contributed by atoms with Crippen LogP contribution in [0.1, 0.15) is 28.8 Å². The Morgan fingerprint density at radius 2 is 2.24 bits per heavy atom. The molecule has 17 heavy (non-hydrogen) atoms. The number of aryl methyl sites for hydroxylation is 2. The first-order valence-corrected chi connectivity index (χ1v) is 5.67. The summed E-state index contributed by atoms with van der Waals surface area (Å²) in [5.74, 6) is 1.60. The van der Waals surface area contributed by atoms with E-state index in [-0.39, 0.29) is 18.3 Å². The Morgan fingerprint density at radius 1 is 1.53 bits per heavy atom. The quantitative estimate of drug-likeness (QED) is 0.835. The number of halogens is 1. The second-order valence-corrected chi connectivity index (χ2v) is 4.43. The van der Waals surface area contributed by atoms with Crippen molar-refractivity contribution < 1.29 is 9.21 Å². The van der Waals surface area contributed by atoms with E-state index in [1.807, 2.05) is 24.8 Å². The van der Waals surface area contributed by atoms with Crippen molar-refractivity contribution in [2.45, 2.75) is 26.8 Å². The molecule has 5 heteroatoms. The van der Waals surface area contributed by atoms with Gasteiger partial charge in [0.25, 0.3) is 5.91 Å². The minimum atomic E-state index is 0. The summed E-state index contributed by atoms with van der Waals surface area (Å²) in [7, 11) is 0. The smallest absolute Gasteiger partial charge is 0.257 e. The van der Waals surface area contributed by atoms with Crippen LogP contribution in [0.5, 0.6) is 0 Å². The molecular weight excluding hydrogens is 240 g/mol. The van der Waals surface area contributed by atoms with Gasteiger partial charge in [0, 0.05) is 25.7 Å². The molecule has 0 aliphatic carbocycles. The number of nitrogens with zero attached hydrogens (tertiary/aromatic N) is 1. The van der Waals surface area contributed by atoms with Gasteiger partial charge in [-0.3, -0.25) is 4.79 Å². The fourth-order valence-electron chi connectivity index (χ4n) is 2.13. The van der Waals surface area contributed by atoms with Crippen LogP contribution in [0.15, 0.2) is 10.5 Å². The minimum absolute atomic E-state index is 0. The van der Waals surface area contributed by atoms with E-state index in [9.17, 15) is 4.79 Å². The molecule has 2 heterocycles. The first-order chi connectivity index (χ1) is 7.58. The zero-order chi connectivity index (χ0) is 11.7. The normalized spacial score (nSPS) is 19.9. The lowest BCUT2D eigenvalue weighted by Gasteiger charge is -2.31. The van der Waals surface area contributed by atoms with Gasteiger partial charge in [-0.25, -0.2) is 0 Å². The highest BCUT2D eigenvalue weighted by Gasteiger charge is 2.24. The Morgan fingerprint density at radius 3 is 2.76 bits per heavy atom. The third kappa shape index (κ3) is 3.01. The van der Waals surface area contributed by atoms with Gasteiger partial charge in [0.15, 0.2) is 0 Å². The summed E-state index contributed by atoms with van der Waals surface area (Å²) in [5.41, 5.74) is 0.701. The Kier molecular flexibility index (Phi) is 4.60. The molecule has 1 aromatic rings. The van der Waals surface area contributed by atoms with E-state index < -0.39 is 0 Å². The molecule has 0 aromatic carbocycles. The van der Waals surface area contributed by atoms with Crippen molar-refractivity contribution in [3.8, 4) is 0 Å². The number of rotatable bonds is 1. The molecule has 1 fully saturated rings. The van der Waals surface area contributed by atoms with Crippen molar-refractivity contribution in [1.82, 2.24) is 10.2 Å². The van der Waals surface area contributed by atoms with Gasteiger partial charge in [-0.2, -0.15) is 0 Å². The van der Waals surface area contributed by atoms with Gasteiger partial charge in [0.1, 0.15) is 11.5 Å². The number of carbonyl (C=O) groups excluding carboxylic acids is 1. The largest absolute Gasteiger partial charge is 0.466 e. The van der Waals surface area contributed by atoms with Crippen molar-refractivity contribution in [2.24, 2.45) is 0 Å². The Balaban J connectivity index is 0.00000144. The van der Waals surface area contributed by atoms with Crippen molar-refractivity contribution in [3.05, 3.63) is 23.2 Å². The van der Waals surface area contributed by atoms with E-state index in [2.05, 4.69) is 12.2 Å². The molecule has 0 spiro atoms. The molecule has 96 valence electrons. The lowest BCUT2D eigenvalue weighted by Crippen LogP contribution is -2.51. The molecule has 1 N–H and O–H groups in total. The van der Waals surface area contributed by atoms with Crippen LogP contribution < -0.4 is 5.32 Å². The van der Waals surface area contributed by atoms with Gasteiger partial charge in [-0.05, 0) is 26.8 Å². The maximum atomic E-state index is 12.2. The molecule has 0 bridgehead atoms. The first-order valence-electron chi connectivity index (χ1n) is 5.67. The predicted octanol–water partition coefficient (Wildman–Crippen LogP) is 1.75. The van der Waals surface area contributed by atoms with Crippen LogP contribution in [0, 0.1) is 13.8 Å². The van der Waals surface area contributed by atoms with Crippen LogP contribution in [0.2, 0.25) is 0 Å². The number of hydrogen-bond donors (Lipinski definition) is 1. The third-order valence-electron chi connectivity index (χ3n) is 2.93. The lowest BCUT2D eigenvalue weighted by molar-refractivity contribution is 0.0707. The van der Waals surface area contributed by atoms with Crippen LogP contribution in [0.3, 0.4) is 0 Å². The zero-order valence-corrected chi connectivity index (χ0v) is 11.3. The summed E-state index contributed by atoms with van der Waals surface area (Å²) in [6, 6.07) is 2.19. The van der Waals surface area contributed by atoms with Gasteiger partial charge in [0.2, 0.25) is 0 Å². The highest BCUT2D eigenvalue weighted by molar-refractivity contribution is 5.95. The fraction of sp³-hybridized carbons (Fsp3) is 0.583. The molecule has 1 aliphatic rings. The average Bonchev–Trinajstić information content (AvgIpc) is 2.57. The van der Waals surface area contributed by atoms with E-state index in [0.717, 1.165) is 25.4 Å². The van der Waals surface area contributed by atoms with Crippen LogP contribution in [0.25, 0.3) is 0 Å². The Labute approximate surface area is 108 Å². The van der Waals surface area contributed by atoms with Crippen molar-refractivity contribution in [2.75, 3.05) is 19.6 Å². The van der Waals surface area contributed by atoms with Crippen molar-refractivity contribution in [3.63, 3.8) is 0 Å². The molecule has 1 aromatic heterocycles. The van der Waals surface area contributed by atoms with Crippen molar-refractivity contribution >= 4 is 18.3 Å². The van der Waals surface area contributed by atoms with Gasteiger partial charge >= 0.3 is 0 Å². The number of carbonyl (C=O) groups is 1. The molecule has 1 aliphatic heterocycles. The summed E-state index contributed by atoms with van der Waals surface area (Å²) in [5, 5.41) is 3.32. The summed E-state index contributed by atoms with van der Waals surface area (Å²) in [4.78, 5) is 14.1. The predicted molar refractivity (Wildman–Crippen MR) is 68.8 cm³/mol. The fourth-order valence-corrected chi connectivity index (χ4v) is 2.13. The van der Waals surface area contributed by atoms with E-state index >= 15 is 0 Å². The summed E-state index contributed by atoms with van der Waals surface area (Å²) in [6.07, 6.45) is 0. The molecular formula is C12H19ClN2O2. The van der Waals surface area contributed by atoms with E-state index in [1.54, 1.807) is 0 Å². The van der Waals surface area contributed by atoms with E-state index in [1.165, 1.54) is 0 Å². The Hall–Kier alpha value is -1.000. The second-order valence-electron chi connectivity index (χ2n) is 4.43. The number of hydrogen-bond acceptors (Lipinski definition) is 3. The number of piperazine rings is 1. The minimum Gasteiger partial charge on any atom is -0.466 e. The summed E-state index contributed by atoms with van der Waals surface area (Å²) in [6.45, 7) is 8.20. The Bertz CT molecular complexity index is 403. The van der Waals surface area contributed by atoms with Gasteiger partial charge in [0.05, 0.1) is 5.56 Å². The zero-order valence-electron chi connectivity index (χ0n) is 10.4. The SMILES string of the molecule is Cc1cc(C(=O)N2CCN[C@@H](C)C2)c(C)o1.Cl.